The van der Waals surface area contributed by atoms with Gasteiger partial charge in [0.15, 0.2) is 17.7 Å². The van der Waals surface area contributed by atoms with Crippen LogP contribution in [-0.2, 0) is 37.3 Å². The van der Waals surface area contributed by atoms with Gasteiger partial charge in [0.25, 0.3) is 5.91 Å². The van der Waals surface area contributed by atoms with Gasteiger partial charge in [0.05, 0.1) is 42.0 Å². The second-order valence-corrected chi connectivity index (χ2v) is 11.9. The van der Waals surface area contributed by atoms with Gasteiger partial charge in [-0.2, -0.15) is 5.10 Å². The van der Waals surface area contributed by atoms with Gasteiger partial charge >= 0.3 is 5.97 Å². The van der Waals surface area contributed by atoms with Crippen LogP contribution in [0.25, 0.3) is 10.9 Å². The van der Waals surface area contributed by atoms with Crippen molar-refractivity contribution in [2.75, 3.05) is 32.7 Å². The molecular formula is C32H38ClFN4O6. The first-order valence-electron chi connectivity index (χ1n) is 14.9. The Labute approximate surface area is 260 Å². The highest BCUT2D eigenvalue weighted by molar-refractivity contribution is 6.34. The number of amides is 1. The van der Waals surface area contributed by atoms with E-state index in [1.165, 1.54) is 13.2 Å². The number of carbonyl (C=O) groups is 3. The van der Waals surface area contributed by atoms with Gasteiger partial charge in [0, 0.05) is 38.6 Å². The molecular weight excluding hydrogens is 591 g/mol. The van der Waals surface area contributed by atoms with E-state index >= 15 is 4.39 Å². The standard InChI is InChI=1S/C32H38ClFN4O6/c1-37-27-9-5-4-8-23(27)29(36-37)30(40)35-26-17-25(34)20(15-24(26)33)16-28(39)31(38-14-6-7-21(38)18-42-2)44-22-12-10-19(11-13-22)32(41)43-3/h4-5,8-9,15,17,19,21-22,31H,6-7,10-14,16,18H2,1-3H3,(H,35,40)/t19?,21-,22?,31?/m0/s1. The highest BCUT2D eigenvalue weighted by atomic mass is 35.5. The number of hydrogen-bond acceptors (Lipinski definition) is 8. The zero-order chi connectivity index (χ0) is 31.4. The number of carbonyl (C=O) groups excluding carboxylic acids is 3. The first-order valence-corrected chi connectivity index (χ1v) is 15.3. The van der Waals surface area contributed by atoms with Gasteiger partial charge in [-0.1, -0.05) is 29.8 Å². The molecule has 0 radical (unpaired) electrons. The van der Waals surface area contributed by atoms with Crippen molar-refractivity contribution in [2.24, 2.45) is 13.0 Å². The number of esters is 1. The van der Waals surface area contributed by atoms with Gasteiger partial charge in [-0.05, 0) is 62.3 Å². The first kappa shape index (κ1) is 32.0. The van der Waals surface area contributed by atoms with Crippen LogP contribution in [0.15, 0.2) is 36.4 Å². The molecule has 0 spiro atoms. The van der Waals surface area contributed by atoms with Crippen LogP contribution in [0, 0.1) is 11.7 Å². The number of nitrogens with zero attached hydrogens (tertiary/aromatic N) is 3. The van der Waals surface area contributed by atoms with Crippen LogP contribution in [0.1, 0.15) is 54.6 Å². The van der Waals surface area contributed by atoms with Crippen molar-refractivity contribution in [1.29, 1.82) is 0 Å². The van der Waals surface area contributed by atoms with E-state index in [-0.39, 0.29) is 58.2 Å². The predicted octanol–water partition coefficient (Wildman–Crippen LogP) is 4.92. The normalized spacial score (nSPS) is 21.3. The van der Waals surface area contributed by atoms with Crippen molar-refractivity contribution >= 4 is 45.9 Å². The number of anilines is 1. The molecule has 2 aromatic carbocycles. The summed E-state index contributed by atoms with van der Waals surface area (Å²) < 4.78 is 33.8. The number of aromatic nitrogens is 2. The van der Waals surface area contributed by atoms with Crippen molar-refractivity contribution < 1.29 is 33.0 Å². The third-order valence-corrected chi connectivity index (χ3v) is 8.92. The zero-order valence-electron chi connectivity index (χ0n) is 25.2. The van der Waals surface area contributed by atoms with Crippen molar-refractivity contribution in [3.05, 3.63) is 58.5 Å². The molecule has 1 aliphatic carbocycles. The second-order valence-electron chi connectivity index (χ2n) is 11.5. The van der Waals surface area contributed by atoms with E-state index in [0.717, 1.165) is 24.4 Å². The summed E-state index contributed by atoms with van der Waals surface area (Å²) in [7, 11) is 4.74. The summed E-state index contributed by atoms with van der Waals surface area (Å²) in [5.41, 5.74) is 1.15. The van der Waals surface area contributed by atoms with Crippen LogP contribution in [0.4, 0.5) is 10.1 Å². The van der Waals surface area contributed by atoms with Crippen molar-refractivity contribution in [3.8, 4) is 0 Å². The molecule has 1 N–H and O–H groups in total. The number of halogens is 2. The van der Waals surface area contributed by atoms with Crippen LogP contribution in [0.3, 0.4) is 0 Å². The number of methoxy groups -OCH3 is 2. The minimum absolute atomic E-state index is 0.00550. The van der Waals surface area contributed by atoms with Crippen molar-refractivity contribution in [1.82, 2.24) is 14.7 Å². The Hall–Kier alpha value is -3.38. The SMILES string of the molecule is COC[C@@H]1CCCN1C(OC1CCC(C(=O)OC)CC1)C(=O)Cc1cc(Cl)c(NC(=O)c2nn(C)c3ccccc23)cc1F. The molecule has 2 heterocycles. The number of para-hydroxylation sites is 1. The number of nitrogens with one attached hydrogen (secondary N) is 1. The van der Waals surface area contributed by atoms with E-state index in [1.807, 2.05) is 23.1 Å². The molecule has 1 amide bonds. The van der Waals surface area contributed by atoms with E-state index in [0.29, 0.717) is 44.2 Å². The number of aryl methyl sites for hydroxylation is 1. The van der Waals surface area contributed by atoms with Crippen LogP contribution < -0.4 is 5.32 Å². The molecule has 0 bridgehead atoms. The van der Waals surface area contributed by atoms with Crippen LogP contribution in [0.2, 0.25) is 5.02 Å². The monoisotopic (exact) mass is 628 g/mol. The average molecular weight is 629 g/mol. The highest BCUT2D eigenvalue weighted by Gasteiger charge is 2.38. The fraction of sp³-hybridized carbons (Fsp3) is 0.500. The summed E-state index contributed by atoms with van der Waals surface area (Å²) in [6, 6.07) is 9.79. The minimum atomic E-state index is -0.896. The molecule has 1 aliphatic heterocycles. The van der Waals surface area contributed by atoms with Gasteiger partial charge < -0.3 is 19.5 Å². The molecule has 5 rings (SSSR count). The summed E-state index contributed by atoms with van der Waals surface area (Å²) >= 11 is 6.50. The Balaban J connectivity index is 1.31. The number of ketones is 1. The molecule has 236 valence electrons. The molecule has 1 unspecified atom stereocenters. The molecule has 3 aromatic rings. The molecule has 1 saturated carbocycles. The Kier molecular flexibility index (Phi) is 10.3. The van der Waals surface area contributed by atoms with Gasteiger partial charge in [-0.25, -0.2) is 4.39 Å². The van der Waals surface area contributed by atoms with Crippen molar-refractivity contribution in [3.63, 3.8) is 0 Å². The molecule has 1 aromatic heterocycles. The fourth-order valence-corrected chi connectivity index (χ4v) is 6.55. The molecule has 1 saturated heterocycles. The lowest BCUT2D eigenvalue weighted by molar-refractivity contribution is -0.162. The van der Waals surface area contributed by atoms with Gasteiger partial charge in [-0.3, -0.25) is 24.0 Å². The number of Topliss-reactive ketones (excluding diaryl/α,β-unsaturated/α-hetero) is 1. The lowest BCUT2D eigenvalue weighted by Crippen LogP contribution is -2.49. The van der Waals surface area contributed by atoms with Gasteiger partial charge in [0.1, 0.15) is 5.82 Å². The lowest BCUT2D eigenvalue weighted by Gasteiger charge is -2.36. The smallest absolute Gasteiger partial charge is 0.308 e. The number of benzene rings is 2. The zero-order valence-corrected chi connectivity index (χ0v) is 25.9. The Morgan fingerprint density at radius 1 is 1.11 bits per heavy atom. The molecule has 2 aliphatic rings. The van der Waals surface area contributed by atoms with Gasteiger partial charge in [0.2, 0.25) is 0 Å². The molecule has 12 heteroatoms. The van der Waals surface area contributed by atoms with Crippen LogP contribution in [-0.4, -0.2) is 78.1 Å². The summed E-state index contributed by atoms with van der Waals surface area (Å²) in [6.07, 6.45) is 2.85. The summed E-state index contributed by atoms with van der Waals surface area (Å²) in [5, 5.41) is 7.72. The van der Waals surface area contributed by atoms with E-state index < -0.39 is 18.0 Å². The lowest BCUT2D eigenvalue weighted by atomic mass is 9.87. The Morgan fingerprint density at radius 2 is 1.86 bits per heavy atom. The van der Waals surface area contributed by atoms with E-state index in [4.69, 9.17) is 25.8 Å². The van der Waals surface area contributed by atoms with E-state index in [1.54, 1.807) is 24.9 Å². The minimum Gasteiger partial charge on any atom is -0.469 e. The maximum absolute atomic E-state index is 15.4. The van der Waals surface area contributed by atoms with E-state index in [2.05, 4.69) is 10.4 Å². The third-order valence-electron chi connectivity index (χ3n) is 8.61. The quantitative estimate of drug-likeness (QED) is 0.298. The number of likely N-dealkylation sites (tertiary alicyclic amines) is 1. The number of rotatable bonds is 11. The fourth-order valence-electron chi connectivity index (χ4n) is 6.32. The highest BCUT2D eigenvalue weighted by Crippen LogP contribution is 2.32. The van der Waals surface area contributed by atoms with Crippen LogP contribution >= 0.6 is 11.6 Å². The average Bonchev–Trinajstić information content (AvgIpc) is 3.62. The molecule has 2 atom stereocenters. The number of ether oxygens (including phenoxy) is 3. The van der Waals surface area contributed by atoms with Crippen molar-refractivity contribution in [2.45, 2.75) is 63.3 Å². The molecule has 2 fully saturated rings. The summed E-state index contributed by atoms with van der Waals surface area (Å²) in [4.78, 5) is 40.9. The third kappa shape index (κ3) is 6.96. The van der Waals surface area contributed by atoms with Gasteiger partial charge in [-0.15, -0.1) is 0 Å². The summed E-state index contributed by atoms with van der Waals surface area (Å²) in [6.45, 7) is 1.10. The molecule has 10 nitrogen and oxygen atoms in total. The summed E-state index contributed by atoms with van der Waals surface area (Å²) in [5.74, 6) is -1.89. The number of hydrogen-bond donors (Lipinski definition) is 1. The maximum atomic E-state index is 15.4. The first-order chi connectivity index (χ1) is 21.2. The van der Waals surface area contributed by atoms with E-state index in [9.17, 15) is 14.4 Å². The maximum Gasteiger partial charge on any atom is 0.308 e. The predicted molar refractivity (Wildman–Crippen MR) is 163 cm³/mol. The largest absolute Gasteiger partial charge is 0.469 e. The second kappa shape index (κ2) is 14.2. The number of fused-ring (bicyclic) bond motifs is 1. The van der Waals surface area contributed by atoms with Crippen LogP contribution in [0.5, 0.6) is 0 Å². The molecule has 44 heavy (non-hydrogen) atoms. The topological polar surface area (TPSA) is 112 Å². The Bertz CT molecular complexity index is 1520. The Morgan fingerprint density at radius 3 is 2.59 bits per heavy atom.